The number of hydrogen-bond donors (Lipinski definition) is 0. The molecule has 0 saturated carbocycles. The molecule has 1 heterocycles. The Morgan fingerprint density at radius 3 is 3.08 bits per heavy atom. The van der Waals surface area contributed by atoms with E-state index >= 15 is 0 Å². The van der Waals surface area contributed by atoms with Crippen LogP contribution in [0.1, 0.15) is 13.8 Å². The van der Waals surface area contributed by atoms with Gasteiger partial charge in [-0.1, -0.05) is 19.1 Å². The largest absolute Gasteiger partial charge is 0.273 e. The van der Waals surface area contributed by atoms with Gasteiger partial charge in [-0.3, -0.25) is 4.79 Å². The van der Waals surface area contributed by atoms with Crippen molar-refractivity contribution in [3.05, 3.63) is 23.9 Å². The molecule has 0 spiro atoms. The Labute approximate surface area is 77.4 Å². The molecule has 13 heavy (non-hydrogen) atoms. The van der Waals surface area contributed by atoms with E-state index in [2.05, 4.69) is 18.1 Å². The van der Waals surface area contributed by atoms with Gasteiger partial charge in [0.05, 0.1) is 5.70 Å². The third kappa shape index (κ3) is 1.20. The van der Waals surface area contributed by atoms with Crippen LogP contribution in [0.2, 0.25) is 0 Å². The average Bonchev–Trinajstić information content (AvgIpc) is 2.48. The summed E-state index contributed by atoms with van der Waals surface area (Å²) in [7, 11) is 0. The SMILES string of the molecule is CC(=O)N1N=CC2C1=CC=CC2C. The molecular formula is C10H12N2O. The topological polar surface area (TPSA) is 32.7 Å². The molecule has 1 aliphatic heterocycles. The van der Waals surface area contributed by atoms with Crippen molar-refractivity contribution in [2.24, 2.45) is 16.9 Å². The van der Waals surface area contributed by atoms with Crippen LogP contribution in [0.15, 0.2) is 29.0 Å². The summed E-state index contributed by atoms with van der Waals surface area (Å²) in [6.07, 6.45) is 7.92. The fourth-order valence-corrected chi connectivity index (χ4v) is 1.72. The van der Waals surface area contributed by atoms with Crippen molar-refractivity contribution in [1.29, 1.82) is 0 Å². The molecule has 1 aliphatic carbocycles. The van der Waals surface area contributed by atoms with Crippen LogP contribution in [-0.2, 0) is 4.79 Å². The lowest BCUT2D eigenvalue weighted by Crippen LogP contribution is -2.24. The van der Waals surface area contributed by atoms with Gasteiger partial charge in [0.25, 0.3) is 0 Å². The Kier molecular flexibility index (Phi) is 1.79. The minimum atomic E-state index is -0.0208. The number of allylic oxidation sites excluding steroid dienone is 4. The number of rotatable bonds is 0. The lowest BCUT2D eigenvalue weighted by molar-refractivity contribution is -0.126. The molecule has 0 bridgehead atoms. The van der Waals surface area contributed by atoms with Crippen molar-refractivity contribution in [3.63, 3.8) is 0 Å². The standard InChI is InChI=1S/C10H12N2O/c1-7-4-3-5-10-9(7)6-11-12(10)8(2)13/h3-7,9H,1-2H3. The monoisotopic (exact) mass is 176 g/mol. The lowest BCUT2D eigenvalue weighted by atomic mass is 9.88. The first-order valence-electron chi connectivity index (χ1n) is 4.43. The molecule has 2 atom stereocenters. The lowest BCUT2D eigenvalue weighted by Gasteiger charge is -2.22. The first kappa shape index (κ1) is 8.23. The van der Waals surface area contributed by atoms with E-state index in [1.807, 2.05) is 18.4 Å². The summed E-state index contributed by atoms with van der Waals surface area (Å²) >= 11 is 0. The molecule has 2 aliphatic rings. The fourth-order valence-electron chi connectivity index (χ4n) is 1.72. The second kappa shape index (κ2) is 2.83. The number of fused-ring (bicyclic) bond motifs is 1. The minimum Gasteiger partial charge on any atom is -0.273 e. The van der Waals surface area contributed by atoms with Crippen molar-refractivity contribution >= 4 is 12.1 Å². The molecule has 3 nitrogen and oxygen atoms in total. The van der Waals surface area contributed by atoms with Crippen molar-refractivity contribution in [3.8, 4) is 0 Å². The zero-order valence-corrected chi connectivity index (χ0v) is 7.77. The van der Waals surface area contributed by atoms with Crippen molar-refractivity contribution in [2.75, 3.05) is 0 Å². The van der Waals surface area contributed by atoms with Gasteiger partial charge < -0.3 is 0 Å². The highest BCUT2D eigenvalue weighted by molar-refractivity contribution is 5.82. The second-order valence-electron chi connectivity index (χ2n) is 3.46. The van der Waals surface area contributed by atoms with Crippen LogP contribution in [0.25, 0.3) is 0 Å². The molecule has 0 N–H and O–H groups in total. The van der Waals surface area contributed by atoms with E-state index in [1.54, 1.807) is 0 Å². The summed E-state index contributed by atoms with van der Waals surface area (Å²) in [5.74, 6) is 0.703. The first-order valence-corrected chi connectivity index (χ1v) is 4.43. The molecule has 0 saturated heterocycles. The highest BCUT2D eigenvalue weighted by Gasteiger charge is 2.31. The molecule has 2 rings (SSSR count). The second-order valence-corrected chi connectivity index (χ2v) is 3.46. The van der Waals surface area contributed by atoms with Crippen LogP contribution in [-0.4, -0.2) is 17.1 Å². The molecule has 1 amide bonds. The Morgan fingerprint density at radius 2 is 2.38 bits per heavy atom. The van der Waals surface area contributed by atoms with Crippen LogP contribution < -0.4 is 0 Å². The average molecular weight is 176 g/mol. The van der Waals surface area contributed by atoms with E-state index in [-0.39, 0.29) is 11.8 Å². The third-order valence-electron chi connectivity index (χ3n) is 2.48. The van der Waals surface area contributed by atoms with Gasteiger partial charge in [0.2, 0.25) is 5.91 Å². The van der Waals surface area contributed by atoms with Crippen LogP contribution in [0.4, 0.5) is 0 Å². The van der Waals surface area contributed by atoms with E-state index in [9.17, 15) is 4.79 Å². The summed E-state index contributed by atoms with van der Waals surface area (Å²) in [6.45, 7) is 3.66. The van der Waals surface area contributed by atoms with E-state index in [4.69, 9.17) is 0 Å². The maximum absolute atomic E-state index is 11.2. The van der Waals surface area contributed by atoms with Gasteiger partial charge in [-0.2, -0.15) is 5.10 Å². The highest BCUT2D eigenvalue weighted by Crippen LogP contribution is 2.31. The third-order valence-corrected chi connectivity index (χ3v) is 2.48. The van der Waals surface area contributed by atoms with Gasteiger partial charge in [0, 0.05) is 19.1 Å². The summed E-state index contributed by atoms with van der Waals surface area (Å²) in [6, 6.07) is 0. The molecule has 0 fully saturated rings. The Balaban J connectivity index is 2.32. The summed E-state index contributed by atoms with van der Waals surface area (Å²) < 4.78 is 0. The maximum atomic E-state index is 11.2. The smallest absolute Gasteiger partial charge is 0.243 e. The van der Waals surface area contributed by atoms with Gasteiger partial charge in [-0.25, -0.2) is 5.01 Å². The molecule has 0 aromatic rings. The summed E-state index contributed by atoms with van der Waals surface area (Å²) in [5.41, 5.74) is 1.00. The Bertz CT molecular complexity index is 328. The Hall–Kier alpha value is -1.38. The number of hydrogen-bond acceptors (Lipinski definition) is 2. The number of carbonyl (C=O) groups excluding carboxylic acids is 1. The van der Waals surface area contributed by atoms with Gasteiger partial charge in [0.1, 0.15) is 0 Å². The summed E-state index contributed by atoms with van der Waals surface area (Å²) in [4.78, 5) is 11.2. The first-order chi connectivity index (χ1) is 6.20. The zero-order chi connectivity index (χ0) is 9.42. The fraction of sp³-hybridized carbons (Fsp3) is 0.400. The molecule has 3 heteroatoms. The maximum Gasteiger partial charge on any atom is 0.243 e. The van der Waals surface area contributed by atoms with Gasteiger partial charge in [-0.15, -0.1) is 0 Å². The molecule has 0 aromatic heterocycles. The molecule has 0 aromatic carbocycles. The minimum absolute atomic E-state index is 0.0208. The van der Waals surface area contributed by atoms with Crippen LogP contribution in [0.5, 0.6) is 0 Å². The molecule has 68 valence electrons. The van der Waals surface area contributed by atoms with E-state index in [1.165, 1.54) is 11.9 Å². The molecular weight excluding hydrogens is 164 g/mol. The molecule has 2 unspecified atom stereocenters. The number of amides is 1. The van der Waals surface area contributed by atoms with E-state index in [0.717, 1.165) is 5.70 Å². The van der Waals surface area contributed by atoms with E-state index in [0.29, 0.717) is 5.92 Å². The number of carbonyl (C=O) groups is 1. The quantitative estimate of drug-likeness (QED) is 0.551. The predicted molar refractivity (Wildman–Crippen MR) is 50.9 cm³/mol. The van der Waals surface area contributed by atoms with Gasteiger partial charge in [0.15, 0.2) is 0 Å². The molecule has 0 radical (unpaired) electrons. The highest BCUT2D eigenvalue weighted by atomic mass is 16.2. The number of hydrazone groups is 1. The van der Waals surface area contributed by atoms with Crippen molar-refractivity contribution in [1.82, 2.24) is 5.01 Å². The predicted octanol–water partition coefficient (Wildman–Crippen LogP) is 1.54. The van der Waals surface area contributed by atoms with Crippen LogP contribution in [0.3, 0.4) is 0 Å². The van der Waals surface area contributed by atoms with Crippen LogP contribution in [0, 0.1) is 11.8 Å². The van der Waals surface area contributed by atoms with Crippen molar-refractivity contribution in [2.45, 2.75) is 13.8 Å². The zero-order valence-electron chi connectivity index (χ0n) is 7.77. The van der Waals surface area contributed by atoms with E-state index < -0.39 is 0 Å². The number of nitrogens with zero attached hydrogens (tertiary/aromatic N) is 2. The Morgan fingerprint density at radius 1 is 1.62 bits per heavy atom. The summed E-state index contributed by atoms with van der Waals surface area (Å²) in [5, 5.41) is 5.56. The van der Waals surface area contributed by atoms with Gasteiger partial charge in [-0.05, 0) is 12.0 Å². The van der Waals surface area contributed by atoms with Crippen LogP contribution >= 0.6 is 0 Å². The van der Waals surface area contributed by atoms with Crippen molar-refractivity contribution < 1.29 is 4.79 Å². The normalized spacial score (nSPS) is 30.3. The van der Waals surface area contributed by atoms with Gasteiger partial charge >= 0.3 is 0 Å².